The number of rotatable bonds is 6. The van der Waals surface area contributed by atoms with Gasteiger partial charge < -0.3 is 4.90 Å². The number of alkyl halides is 1. The second-order valence-corrected chi connectivity index (χ2v) is 7.48. The summed E-state index contributed by atoms with van der Waals surface area (Å²) in [6.07, 6.45) is 6.81. The third-order valence-corrected chi connectivity index (χ3v) is 6.45. The van der Waals surface area contributed by atoms with Crippen molar-refractivity contribution in [3.05, 3.63) is 22.4 Å². The van der Waals surface area contributed by atoms with Crippen LogP contribution in [0.1, 0.15) is 37.5 Å². The Hall–Kier alpha value is 0.140. The van der Waals surface area contributed by atoms with Gasteiger partial charge in [0.2, 0.25) is 0 Å². The third kappa shape index (κ3) is 3.58. The first-order chi connectivity index (χ1) is 8.65. The minimum Gasteiger partial charge on any atom is -0.303 e. The highest BCUT2D eigenvalue weighted by Crippen LogP contribution is 2.40. The van der Waals surface area contributed by atoms with Crippen LogP contribution >= 0.6 is 27.3 Å². The molecule has 1 atom stereocenters. The highest BCUT2D eigenvalue weighted by Gasteiger charge is 2.34. The van der Waals surface area contributed by atoms with Gasteiger partial charge in [0, 0.05) is 22.8 Å². The van der Waals surface area contributed by atoms with Gasteiger partial charge in [-0.2, -0.15) is 0 Å². The molecule has 18 heavy (non-hydrogen) atoms. The zero-order chi connectivity index (χ0) is 13.0. The molecule has 0 aliphatic heterocycles. The summed E-state index contributed by atoms with van der Waals surface area (Å²) >= 11 is 5.63. The molecule has 0 aromatic carbocycles. The molecule has 1 fully saturated rings. The molecule has 1 aliphatic rings. The van der Waals surface area contributed by atoms with Crippen LogP contribution in [0.5, 0.6) is 0 Å². The first kappa shape index (κ1) is 14.5. The summed E-state index contributed by atoms with van der Waals surface area (Å²) in [5.41, 5.74) is 0.540. The van der Waals surface area contributed by atoms with Crippen molar-refractivity contribution in [1.82, 2.24) is 4.90 Å². The highest BCUT2D eigenvalue weighted by atomic mass is 79.9. The molecule has 102 valence electrons. The molecule has 1 saturated carbocycles. The average Bonchev–Trinajstić information content (AvgIpc) is 3.01. The molecule has 1 unspecified atom stereocenters. The van der Waals surface area contributed by atoms with E-state index in [1.807, 2.05) is 11.3 Å². The van der Waals surface area contributed by atoms with Gasteiger partial charge in [-0.1, -0.05) is 34.8 Å². The van der Waals surface area contributed by atoms with Gasteiger partial charge in [0.15, 0.2) is 0 Å². The molecule has 0 spiro atoms. The van der Waals surface area contributed by atoms with Crippen molar-refractivity contribution in [2.45, 2.75) is 45.1 Å². The summed E-state index contributed by atoms with van der Waals surface area (Å²) in [4.78, 5) is 4.07. The normalized spacial score (nSPS) is 20.4. The minimum absolute atomic E-state index is 0.540. The number of nitrogens with zero attached hydrogens (tertiary/aromatic N) is 1. The van der Waals surface area contributed by atoms with Crippen molar-refractivity contribution >= 4 is 27.3 Å². The van der Waals surface area contributed by atoms with Gasteiger partial charge in [-0.25, -0.2) is 0 Å². The Labute approximate surface area is 124 Å². The van der Waals surface area contributed by atoms with E-state index in [-0.39, 0.29) is 0 Å². The fourth-order valence-corrected chi connectivity index (χ4v) is 4.58. The highest BCUT2D eigenvalue weighted by molar-refractivity contribution is 9.09. The molecule has 1 heterocycles. The standard InChI is InChI=1S/C15H24BrNS/c1-13(10-14-6-5-9-18-14)17(2)12-15(11-16)7-3-4-8-15/h5-6,9,13H,3-4,7-8,10-12H2,1-2H3. The van der Waals surface area contributed by atoms with Crippen LogP contribution in [0.15, 0.2) is 17.5 Å². The fourth-order valence-electron chi connectivity index (χ4n) is 3.02. The average molecular weight is 330 g/mol. The lowest BCUT2D eigenvalue weighted by Crippen LogP contribution is -2.40. The van der Waals surface area contributed by atoms with E-state index in [1.54, 1.807) is 0 Å². The number of thiophene rings is 1. The number of halogens is 1. The molecule has 3 heteroatoms. The molecular formula is C15H24BrNS. The molecule has 1 aliphatic carbocycles. The van der Waals surface area contributed by atoms with E-state index in [9.17, 15) is 0 Å². The molecule has 2 rings (SSSR count). The van der Waals surface area contributed by atoms with E-state index in [0.29, 0.717) is 11.5 Å². The topological polar surface area (TPSA) is 3.24 Å². The number of hydrogen-bond acceptors (Lipinski definition) is 2. The maximum Gasteiger partial charge on any atom is 0.0112 e. The predicted molar refractivity (Wildman–Crippen MR) is 84.8 cm³/mol. The van der Waals surface area contributed by atoms with Crippen LogP contribution in [-0.4, -0.2) is 29.9 Å². The van der Waals surface area contributed by atoms with Crippen LogP contribution in [0.4, 0.5) is 0 Å². The lowest BCUT2D eigenvalue weighted by Gasteiger charge is -2.35. The summed E-state index contributed by atoms with van der Waals surface area (Å²) in [6, 6.07) is 5.05. The summed E-state index contributed by atoms with van der Waals surface area (Å²) in [7, 11) is 2.29. The van der Waals surface area contributed by atoms with E-state index in [0.717, 1.165) is 5.33 Å². The van der Waals surface area contributed by atoms with Gasteiger partial charge >= 0.3 is 0 Å². The number of hydrogen-bond donors (Lipinski definition) is 0. The van der Waals surface area contributed by atoms with Crippen LogP contribution < -0.4 is 0 Å². The summed E-state index contributed by atoms with van der Waals surface area (Å²) < 4.78 is 0. The Morgan fingerprint density at radius 2 is 2.17 bits per heavy atom. The minimum atomic E-state index is 0.540. The Balaban J connectivity index is 1.88. The zero-order valence-electron chi connectivity index (χ0n) is 11.5. The van der Waals surface area contributed by atoms with Crippen molar-refractivity contribution in [3.63, 3.8) is 0 Å². The van der Waals surface area contributed by atoms with Crippen LogP contribution in [0.3, 0.4) is 0 Å². The first-order valence-corrected chi connectivity index (χ1v) is 8.94. The molecule has 0 radical (unpaired) electrons. The van der Waals surface area contributed by atoms with Gasteiger partial charge in [0.25, 0.3) is 0 Å². The quantitative estimate of drug-likeness (QED) is 0.691. The lowest BCUT2D eigenvalue weighted by molar-refractivity contribution is 0.163. The van der Waals surface area contributed by atoms with Crippen molar-refractivity contribution in [1.29, 1.82) is 0 Å². The van der Waals surface area contributed by atoms with Gasteiger partial charge in [-0.15, -0.1) is 11.3 Å². The fraction of sp³-hybridized carbons (Fsp3) is 0.733. The van der Waals surface area contributed by atoms with Crippen molar-refractivity contribution in [2.75, 3.05) is 18.9 Å². The van der Waals surface area contributed by atoms with Crippen LogP contribution in [0.2, 0.25) is 0 Å². The predicted octanol–water partition coefficient (Wildman–Crippen LogP) is 4.57. The first-order valence-electron chi connectivity index (χ1n) is 6.94. The molecule has 1 aromatic rings. The second-order valence-electron chi connectivity index (χ2n) is 5.89. The summed E-state index contributed by atoms with van der Waals surface area (Å²) in [5.74, 6) is 0. The molecule has 1 nitrogen and oxygen atoms in total. The molecular weight excluding hydrogens is 306 g/mol. The molecule has 0 bridgehead atoms. The maximum atomic E-state index is 3.75. The Bertz CT molecular complexity index is 343. The van der Waals surface area contributed by atoms with Crippen molar-refractivity contribution in [3.8, 4) is 0 Å². The largest absolute Gasteiger partial charge is 0.303 e. The van der Waals surface area contributed by atoms with Gasteiger partial charge in [-0.3, -0.25) is 0 Å². The van der Waals surface area contributed by atoms with Gasteiger partial charge in [0.05, 0.1) is 0 Å². The molecule has 0 N–H and O–H groups in total. The monoisotopic (exact) mass is 329 g/mol. The molecule has 0 saturated heterocycles. The van der Waals surface area contributed by atoms with Crippen LogP contribution in [0, 0.1) is 5.41 Å². The van der Waals surface area contributed by atoms with Crippen molar-refractivity contribution in [2.24, 2.45) is 5.41 Å². The van der Waals surface area contributed by atoms with E-state index in [2.05, 4.69) is 52.3 Å². The zero-order valence-corrected chi connectivity index (χ0v) is 13.9. The van der Waals surface area contributed by atoms with Crippen LogP contribution in [-0.2, 0) is 6.42 Å². The lowest BCUT2D eigenvalue weighted by atomic mass is 9.88. The summed E-state index contributed by atoms with van der Waals surface area (Å²) in [6.45, 7) is 3.60. The third-order valence-electron chi connectivity index (χ3n) is 4.36. The Kier molecular flexibility index (Phi) is 5.28. The SMILES string of the molecule is CC(Cc1cccs1)N(C)CC1(CBr)CCCC1. The molecule has 0 amide bonds. The maximum absolute atomic E-state index is 3.75. The van der Waals surface area contributed by atoms with E-state index >= 15 is 0 Å². The van der Waals surface area contributed by atoms with Crippen LogP contribution in [0.25, 0.3) is 0 Å². The smallest absolute Gasteiger partial charge is 0.0112 e. The second kappa shape index (κ2) is 6.53. The van der Waals surface area contributed by atoms with Gasteiger partial charge in [-0.05, 0) is 50.1 Å². The Morgan fingerprint density at radius 3 is 2.72 bits per heavy atom. The summed E-state index contributed by atoms with van der Waals surface area (Å²) in [5, 5.41) is 3.34. The van der Waals surface area contributed by atoms with E-state index in [1.165, 1.54) is 43.5 Å². The number of likely N-dealkylation sites (N-methyl/N-ethyl adjacent to an activating group) is 1. The van der Waals surface area contributed by atoms with E-state index < -0.39 is 0 Å². The van der Waals surface area contributed by atoms with E-state index in [4.69, 9.17) is 0 Å². The molecule has 1 aromatic heterocycles. The van der Waals surface area contributed by atoms with Gasteiger partial charge in [0.1, 0.15) is 0 Å². The van der Waals surface area contributed by atoms with Crippen molar-refractivity contribution < 1.29 is 0 Å². The Morgan fingerprint density at radius 1 is 1.44 bits per heavy atom.